The van der Waals surface area contributed by atoms with E-state index in [9.17, 15) is 0 Å². The van der Waals surface area contributed by atoms with Crippen LogP contribution in [-0.4, -0.2) is 49.4 Å². The number of alkyl halides is 3. The summed E-state index contributed by atoms with van der Waals surface area (Å²) in [4.78, 5) is 0. The molecule has 2 rings (SSSR count). The van der Waals surface area contributed by atoms with Gasteiger partial charge < -0.3 is 23.1 Å². The number of hydrogen-bond donors (Lipinski definition) is 0. The minimum atomic E-state index is -4.96. The molecule has 0 aromatic heterocycles. The van der Waals surface area contributed by atoms with Gasteiger partial charge in [0.2, 0.25) is 0 Å². The molecule has 0 N–H and O–H groups in total. The van der Waals surface area contributed by atoms with E-state index in [-0.39, 0.29) is 17.7 Å². The Morgan fingerprint density at radius 3 is 1.29 bits per heavy atom. The van der Waals surface area contributed by atoms with Crippen molar-refractivity contribution in [2.75, 3.05) is 20.8 Å². The topological polar surface area (TPSA) is 46.2 Å². The summed E-state index contributed by atoms with van der Waals surface area (Å²) in [5.74, 6) is -2.11. The predicted octanol–water partition coefficient (Wildman–Crippen LogP) is 6.95. The molecule has 35 heavy (non-hydrogen) atoms. The van der Waals surface area contributed by atoms with Gasteiger partial charge in [-0.05, 0) is 81.6 Å². The van der Waals surface area contributed by atoms with E-state index in [4.69, 9.17) is 23.1 Å². The molecule has 0 aliphatic carbocycles. The molecule has 0 heterocycles. The number of hydrogen-bond acceptors (Lipinski definition) is 5. The highest BCUT2D eigenvalue weighted by Gasteiger charge is 2.73. The van der Waals surface area contributed by atoms with Gasteiger partial charge in [0.25, 0.3) is 5.79 Å². The Morgan fingerprint density at radius 2 is 1.03 bits per heavy atom. The molecule has 0 radical (unpaired) electrons. The second-order valence-electron chi connectivity index (χ2n) is 10.1. The Kier molecular flexibility index (Phi) is 8.93. The zero-order valence-corrected chi connectivity index (χ0v) is 24.0. The lowest BCUT2D eigenvalue weighted by Crippen LogP contribution is -2.70. The fraction of sp³-hybridized carbons (Fsp3) is 0.520. The van der Waals surface area contributed by atoms with Crippen molar-refractivity contribution in [2.24, 2.45) is 0 Å². The van der Waals surface area contributed by atoms with Gasteiger partial charge in [0.05, 0.1) is 14.2 Å². The van der Waals surface area contributed by atoms with E-state index in [2.05, 4.69) is 0 Å². The van der Waals surface area contributed by atoms with Crippen LogP contribution in [0.4, 0.5) is 13.2 Å². The largest absolute Gasteiger partial charge is 0.497 e. The van der Waals surface area contributed by atoms with Gasteiger partial charge >= 0.3 is 6.18 Å². The lowest BCUT2D eigenvalue weighted by Gasteiger charge is -2.54. The number of rotatable bonds is 11. The minimum Gasteiger partial charge on any atom is -0.497 e. The van der Waals surface area contributed by atoms with Crippen LogP contribution in [0.15, 0.2) is 48.5 Å². The first-order chi connectivity index (χ1) is 16.0. The zero-order chi connectivity index (χ0) is 26.7. The van der Waals surface area contributed by atoms with Crippen molar-refractivity contribution in [3.8, 4) is 11.5 Å². The van der Waals surface area contributed by atoms with E-state index in [0.29, 0.717) is 11.5 Å². The number of methoxy groups -OCH3 is 2. The molecule has 0 bridgehead atoms. The Balaban J connectivity index is 3.14. The molecule has 5 nitrogen and oxygen atoms in total. The van der Waals surface area contributed by atoms with Crippen LogP contribution < -0.4 is 9.47 Å². The van der Waals surface area contributed by atoms with Gasteiger partial charge in [0.1, 0.15) is 11.5 Å². The first-order valence-electron chi connectivity index (χ1n) is 11.5. The summed E-state index contributed by atoms with van der Waals surface area (Å²) in [6.45, 7) is 11.9. The molecule has 0 amide bonds. The van der Waals surface area contributed by atoms with Gasteiger partial charge in [-0.2, -0.15) is 13.2 Å². The molecule has 0 saturated heterocycles. The van der Waals surface area contributed by atoms with Gasteiger partial charge in [-0.1, -0.05) is 24.3 Å². The molecule has 0 saturated carbocycles. The molecular formula is C25H37F3O5Si2. The normalized spacial score (nSPS) is 15.0. The third-order valence-electron chi connectivity index (χ3n) is 5.09. The maximum Gasteiger partial charge on any atom is 0.446 e. The monoisotopic (exact) mass is 530 g/mol. The maximum absolute atomic E-state index is 15.5. The van der Waals surface area contributed by atoms with Crippen LogP contribution in [0.3, 0.4) is 0 Å². The lowest BCUT2D eigenvalue weighted by atomic mass is 9.78. The van der Waals surface area contributed by atoms with Crippen molar-refractivity contribution < 1.29 is 36.2 Å². The smallest absolute Gasteiger partial charge is 0.446 e. The summed E-state index contributed by atoms with van der Waals surface area (Å²) in [7, 11) is -2.59. The minimum absolute atomic E-state index is 0.243. The second-order valence-corrected chi connectivity index (χ2v) is 19.0. The third kappa shape index (κ3) is 6.29. The molecule has 196 valence electrons. The van der Waals surface area contributed by atoms with Gasteiger partial charge in [-0.3, -0.25) is 0 Å². The van der Waals surface area contributed by atoms with Gasteiger partial charge in [-0.25, -0.2) is 0 Å². The van der Waals surface area contributed by atoms with E-state index in [1.54, 1.807) is 68.2 Å². The predicted molar refractivity (Wildman–Crippen MR) is 136 cm³/mol. The molecule has 0 aliphatic heterocycles. The summed E-state index contributed by atoms with van der Waals surface area (Å²) >= 11 is 0. The van der Waals surface area contributed by atoms with Crippen LogP contribution >= 0.6 is 0 Å². The highest BCUT2D eigenvalue weighted by atomic mass is 28.4. The van der Waals surface area contributed by atoms with Gasteiger partial charge in [-0.15, -0.1) is 0 Å². The lowest BCUT2D eigenvalue weighted by molar-refractivity contribution is -0.402. The maximum atomic E-state index is 15.5. The molecule has 10 heteroatoms. The SMILES string of the molecule is CCOC(O[Si](C)(C)C)(C(F)(F)F)C(O[Si](C)(C)C)(c1ccc(OC)cc1)c1ccc(OC)cc1. The van der Waals surface area contributed by atoms with Crippen LogP contribution in [0.25, 0.3) is 0 Å². The number of benzene rings is 2. The van der Waals surface area contributed by atoms with Crippen LogP contribution in [-0.2, 0) is 19.2 Å². The highest BCUT2D eigenvalue weighted by Crippen LogP contribution is 2.56. The molecule has 1 unspecified atom stereocenters. The van der Waals surface area contributed by atoms with E-state index in [0.717, 1.165) is 0 Å². The summed E-state index contributed by atoms with van der Waals surface area (Å²) < 4.78 is 75.5. The standard InChI is InChI=1S/C25H37F3O5Si2/c1-10-31-24(25(26,27)28,33-35(7,8)9)23(32-34(4,5)6,19-11-15-21(29-2)16-12-19)20-13-17-22(30-3)18-14-20/h11-18H,10H2,1-9H3. The molecule has 2 aromatic rings. The zero-order valence-electron chi connectivity index (χ0n) is 22.0. The molecule has 2 aromatic carbocycles. The molecule has 0 fully saturated rings. The first kappa shape index (κ1) is 29.4. The summed E-state index contributed by atoms with van der Waals surface area (Å²) in [5.41, 5.74) is -1.69. The second kappa shape index (κ2) is 10.6. The third-order valence-corrected chi connectivity index (χ3v) is 6.90. The molecule has 1 atom stereocenters. The van der Waals surface area contributed by atoms with Crippen LogP contribution in [0.5, 0.6) is 11.5 Å². The molecule has 0 aliphatic rings. The summed E-state index contributed by atoms with van der Waals surface area (Å²) in [6, 6.07) is 12.8. The van der Waals surface area contributed by atoms with Crippen molar-refractivity contribution in [3.05, 3.63) is 59.7 Å². The Labute approximate surface area is 208 Å². The van der Waals surface area contributed by atoms with E-state index in [1.165, 1.54) is 21.1 Å². The van der Waals surface area contributed by atoms with E-state index in [1.807, 2.05) is 19.6 Å². The molecular weight excluding hydrogens is 493 g/mol. The van der Waals surface area contributed by atoms with Crippen molar-refractivity contribution in [1.82, 2.24) is 0 Å². The van der Waals surface area contributed by atoms with Crippen molar-refractivity contribution in [2.45, 2.75) is 63.8 Å². The quantitative estimate of drug-likeness (QED) is 0.232. The summed E-state index contributed by atoms with van der Waals surface area (Å²) in [5, 5.41) is 0. The number of ether oxygens (including phenoxy) is 3. The average molecular weight is 531 g/mol. The Morgan fingerprint density at radius 1 is 0.657 bits per heavy atom. The Bertz CT molecular complexity index is 904. The average Bonchev–Trinajstić information content (AvgIpc) is 2.75. The van der Waals surface area contributed by atoms with E-state index < -0.39 is 34.2 Å². The van der Waals surface area contributed by atoms with Crippen LogP contribution in [0, 0.1) is 0 Å². The van der Waals surface area contributed by atoms with Crippen molar-refractivity contribution in [1.29, 1.82) is 0 Å². The van der Waals surface area contributed by atoms with Gasteiger partial charge in [0, 0.05) is 6.61 Å². The number of halogens is 3. The Hall–Kier alpha value is -1.86. The van der Waals surface area contributed by atoms with Crippen LogP contribution in [0.2, 0.25) is 39.3 Å². The first-order valence-corrected chi connectivity index (χ1v) is 18.3. The van der Waals surface area contributed by atoms with Crippen LogP contribution in [0.1, 0.15) is 18.1 Å². The van der Waals surface area contributed by atoms with E-state index >= 15 is 13.2 Å². The van der Waals surface area contributed by atoms with Crippen molar-refractivity contribution in [3.63, 3.8) is 0 Å². The van der Waals surface area contributed by atoms with Crippen molar-refractivity contribution >= 4 is 16.6 Å². The highest BCUT2D eigenvalue weighted by molar-refractivity contribution is 6.70. The summed E-state index contributed by atoms with van der Waals surface area (Å²) in [6.07, 6.45) is -4.96. The fourth-order valence-electron chi connectivity index (χ4n) is 4.02. The molecule has 0 spiro atoms. The van der Waals surface area contributed by atoms with Gasteiger partial charge in [0.15, 0.2) is 22.2 Å². The fourth-order valence-corrected chi connectivity index (χ4v) is 6.49.